The van der Waals surface area contributed by atoms with Gasteiger partial charge in [0.05, 0.1) is 56.1 Å². The smallest absolute Gasteiger partial charge is 0.358 e. The first-order chi connectivity index (χ1) is 47.1. The van der Waals surface area contributed by atoms with Gasteiger partial charge in [-0.3, -0.25) is 0 Å². The fourth-order valence-corrected chi connectivity index (χ4v) is 11.7. The fraction of sp³-hybridized carbons (Fsp3) is 0.405. The average molecular weight is 1410 g/mol. The van der Waals surface area contributed by atoms with Gasteiger partial charge in [0, 0.05) is 58.0 Å². The summed E-state index contributed by atoms with van der Waals surface area (Å²) in [6.07, 6.45) is 13.5. The Kier molecular flexibility index (Phi) is 30.4. The highest BCUT2D eigenvalue weighted by atomic mass is 35.5. The van der Waals surface area contributed by atoms with Crippen molar-refractivity contribution in [2.24, 2.45) is 11.8 Å². The van der Waals surface area contributed by atoms with Crippen LogP contribution in [0.15, 0.2) is 116 Å². The van der Waals surface area contributed by atoms with E-state index >= 15 is 0 Å². The Morgan fingerprint density at radius 2 is 0.878 bits per heavy atom. The van der Waals surface area contributed by atoms with E-state index in [4.69, 9.17) is 51.1 Å². The summed E-state index contributed by atoms with van der Waals surface area (Å²) < 4.78 is 9.09. The lowest BCUT2D eigenvalue weighted by Crippen LogP contribution is -2.53. The molecule has 3 saturated heterocycles. The van der Waals surface area contributed by atoms with Crippen LogP contribution in [0.1, 0.15) is 146 Å². The van der Waals surface area contributed by atoms with Gasteiger partial charge in [0.15, 0.2) is 38.5 Å². The number of methoxy groups -OCH3 is 2. The van der Waals surface area contributed by atoms with Crippen molar-refractivity contribution in [3.05, 3.63) is 226 Å². The lowest BCUT2D eigenvalue weighted by molar-refractivity contribution is 0.0584. The molecule has 0 spiro atoms. The Hall–Kier alpha value is -8.40. The quantitative estimate of drug-likeness (QED) is 0.119. The number of piperidine rings is 2. The molecule has 0 unspecified atom stereocenters. The number of aromatic nitrogens is 12. The molecule has 9 aromatic rings. The topological polar surface area (TPSA) is 229 Å². The number of halogens is 4. The maximum absolute atomic E-state index is 11.6. The van der Waals surface area contributed by atoms with Gasteiger partial charge in [-0.15, -0.1) is 25.5 Å². The van der Waals surface area contributed by atoms with E-state index in [1.54, 1.807) is 6.20 Å². The molecule has 6 aromatic heterocycles. The molecule has 0 bridgehead atoms. The molecule has 9 heterocycles. The zero-order valence-corrected chi connectivity index (χ0v) is 61.5. The van der Waals surface area contributed by atoms with Gasteiger partial charge < -0.3 is 29.5 Å². The van der Waals surface area contributed by atoms with Crippen LogP contribution in [0.4, 0.5) is 17.5 Å². The highest BCUT2D eigenvalue weighted by Crippen LogP contribution is 2.30. The largest absolute Gasteiger partial charge is 0.464 e. The summed E-state index contributed by atoms with van der Waals surface area (Å²) in [6, 6.07) is 31.3. The molecular weight excluding hydrogens is 1320 g/mol. The molecule has 0 radical (unpaired) electrons. The van der Waals surface area contributed by atoms with Gasteiger partial charge in [0.2, 0.25) is 0 Å². The molecule has 3 aliphatic rings. The first kappa shape index (κ1) is 77.0. The highest BCUT2D eigenvalue weighted by Gasteiger charge is 2.28. The molecule has 3 aliphatic heterocycles. The second-order valence-corrected chi connectivity index (χ2v) is 26.2. The van der Waals surface area contributed by atoms with Gasteiger partial charge in [-0.25, -0.2) is 29.5 Å². The highest BCUT2D eigenvalue weighted by molar-refractivity contribution is 6.32. The molecule has 0 saturated carbocycles. The van der Waals surface area contributed by atoms with Gasteiger partial charge in [0.1, 0.15) is 11.0 Å². The second kappa shape index (κ2) is 38.7. The maximum atomic E-state index is 11.6. The third-order valence-electron chi connectivity index (χ3n) is 17.6. The van der Waals surface area contributed by atoms with Crippen molar-refractivity contribution in [2.45, 2.75) is 127 Å². The molecule has 518 valence electrons. The molecule has 3 atom stereocenters. The van der Waals surface area contributed by atoms with Crippen LogP contribution in [0.5, 0.6) is 0 Å². The first-order valence-corrected chi connectivity index (χ1v) is 34.4. The zero-order valence-electron chi connectivity index (χ0n) is 58.5. The summed E-state index contributed by atoms with van der Waals surface area (Å²) in [7, 11) is 2.61. The van der Waals surface area contributed by atoms with Crippen molar-refractivity contribution in [3.8, 4) is 0 Å². The molecular formula is C74H90Cl4N16O4. The number of hydrogen-bond donors (Lipinski definition) is 1. The van der Waals surface area contributed by atoms with Gasteiger partial charge in [0.25, 0.3) is 0 Å². The summed E-state index contributed by atoms with van der Waals surface area (Å²) in [6.45, 7) is 30.2. The van der Waals surface area contributed by atoms with Crippen molar-refractivity contribution >= 4 is 75.8 Å². The van der Waals surface area contributed by atoms with Gasteiger partial charge in [-0.05, 0) is 174 Å². The second-order valence-electron chi connectivity index (χ2n) is 24.7. The predicted octanol–water partition coefficient (Wildman–Crippen LogP) is 14.6. The molecule has 0 aliphatic carbocycles. The number of nitrogens with zero attached hydrogens (tertiary/aromatic N) is 15. The molecule has 1 N–H and O–H groups in total. The van der Waals surface area contributed by atoms with E-state index in [1.807, 2.05) is 70.2 Å². The Morgan fingerprint density at radius 3 is 1.27 bits per heavy atom. The minimum absolute atomic E-state index is 0.150. The number of rotatable bonds is 11. The minimum Gasteiger partial charge on any atom is -0.464 e. The number of carbonyl (C=O) groups is 2. The number of anilines is 3. The molecule has 24 heteroatoms. The Labute approximate surface area is 597 Å². The summed E-state index contributed by atoms with van der Waals surface area (Å²) >= 11 is 22.7. The van der Waals surface area contributed by atoms with E-state index in [9.17, 15) is 9.59 Å². The van der Waals surface area contributed by atoms with E-state index in [2.05, 4.69) is 182 Å². The molecule has 98 heavy (non-hydrogen) atoms. The number of carbonyl (C=O) groups excluding carboxylic acids is 2. The van der Waals surface area contributed by atoms with Crippen molar-refractivity contribution < 1.29 is 19.1 Å². The number of ether oxygens (including phenoxy) is 2. The lowest BCUT2D eigenvalue weighted by atomic mass is 9.99. The molecule has 3 aromatic carbocycles. The summed E-state index contributed by atoms with van der Waals surface area (Å²) in [5.41, 5.74) is 16.1. The van der Waals surface area contributed by atoms with Crippen molar-refractivity contribution in [3.63, 3.8) is 0 Å². The van der Waals surface area contributed by atoms with Crippen molar-refractivity contribution in [2.75, 3.05) is 74.7 Å². The maximum Gasteiger partial charge on any atom is 0.358 e. The summed E-state index contributed by atoms with van der Waals surface area (Å²) in [5.74, 6) is 3.45. The fourth-order valence-electron chi connectivity index (χ4n) is 11.0. The Bertz CT molecular complexity index is 3970. The van der Waals surface area contributed by atoms with Crippen LogP contribution >= 0.6 is 46.4 Å². The van der Waals surface area contributed by atoms with Crippen molar-refractivity contribution in [1.82, 2.24) is 66.0 Å². The Balaban J connectivity index is 0.000000178. The molecule has 20 nitrogen and oxygen atoms in total. The van der Waals surface area contributed by atoms with Crippen LogP contribution in [0.25, 0.3) is 0 Å². The van der Waals surface area contributed by atoms with Crippen LogP contribution in [0, 0.1) is 67.2 Å². The lowest BCUT2D eigenvalue weighted by Gasteiger charge is -2.41. The van der Waals surface area contributed by atoms with Crippen LogP contribution in [-0.4, -0.2) is 139 Å². The standard InChI is InChI=1S/C24H28N6O2.C19H25N3.C13H13ClN2.C6H6Cl2N2.C6H5ClN2O2.C6H13N/c1-16-15-29(10-11-30(16)22-14-25-21(13-26-22)24(31)32-4)23-18(3)17(2)20(27-28-23)12-19-8-6-5-7-9-19;1-14-8-7-11-22(13-14)19-16(3)15(2)18(20-21-19)12-17-9-5-4-6-10-17;1-9-10(2)13(14)16-15-12(9)8-11-6-4-3-5-7-11;1-3-4(2)6(8)10-9-5(3)7;1-11-6(10)4-2-9-5(7)3-8-4;1-6-3-2-4-7-5-6/h5-9,13-14,16H,10-12,15H2,1-4H3;4-6,9-10,14H,7-8,11-13H2,1-3H3;3-7H,8H2,1-2H3;1-2H3;2-3H,1H3;6-7H,2-5H2,1H3/t16-;14-;;;;6-/m10...0/s1. The molecule has 3 fully saturated rings. The van der Waals surface area contributed by atoms with Gasteiger partial charge >= 0.3 is 11.9 Å². The zero-order chi connectivity index (χ0) is 70.8. The average Bonchev–Trinajstić information content (AvgIpc) is 0.807. The van der Waals surface area contributed by atoms with Crippen LogP contribution in [-0.2, 0) is 28.7 Å². The third kappa shape index (κ3) is 22.6. The molecule has 12 rings (SSSR count). The number of nitrogens with one attached hydrogen (secondary N) is 1. The number of piperazine rings is 1. The number of benzene rings is 3. The number of hydrogen-bond acceptors (Lipinski definition) is 20. The van der Waals surface area contributed by atoms with Crippen molar-refractivity contribution in [1.29, 1.82) is 0 Å². The SMILES string of the molecule is COC(=O)c1cnc(Cl)cn1.COC(=O)c1cnc(N2CCN(c3nnc(Cc4ccccc4)c(C)c3C)C[C@H]2C)cn1.C[C@H]1CCCNC1.Cc1c(Cc2ccccc2)nnc(N2CCC[C@H](C)C2)c1C.Cc1c(Cl)nnc(Cc2ccccc2)c1C.Cc1c(Cl)nnc(Cl)c1C. The Morgan fingerprint density at radius 1 is 0.459 bits per heavy atom. The van der Waals surface area contributed by atoms with E-state index in [-0.39, 0.29) is 22.6 Å². The van der Waals surface area contributed by atoms with Gasteiger partial charge in [-0.1, -0.05) is 151 Å². The summed E-state index contributed by atoms with van der Waals surface area (Å²) in [4.78, 5) is 45.2. The number of esters is 2. The van der Waals surface area contributed by atoms with E-state index in [0.29, 0.717) is 15.5 Å². The van der Waals surface area contributed by atoms with Crippen LogP contribution in [0.2, 0.25) is 20.6 Å². The van der Waals surface area contributed by atoms with E-state index in [1.165, 1.54) is 111 Å². The van der Waals surface area contributed by atoms with Crippen LogP contribution < -0.4 is 20.0 Å². The third-order valence-corrected chi connectivity index (χ3v) is 18.8. The first-order valence-electron chi connectivity index (χ1n) is 32.9. The molecule has 0 amide bonds. The normalized spacial score (nSPS) is 15.6. The van der Waals surface area contributed by atoms with E-state index in [0.717, 1.165) is 121 Å². The predicted molar refractivity (Wildman–Crippen MR) is 391 cm³/mol. The van der Waals surface area contributed by atoms with E-state index < -0.39 is 11.9 Å². The summed E-state index contributed by atoms with van der Waals surface area (Å²) in [5, 5.41) is 38.6. The minimum atomic E-state index is -0.519. The monoisotopic (exact) mass is 1410 g/mol. The van der Waals surface area contributed by atoms with Gasteiger partial charge in [-0.2, -0.15) is 15.3 Å². The van der Waals surface area contributed by atoms with Crippen LogP contribution in [0.3, 0.4) is 0 Å².